The zero-order valence-electron chi connectivity index (χ0n) is 37.5. The van der Waals surface area contributed by atoms with Crippen molar-refractivity contribution in [1.82, 2.24) is 0 Å². The average molecular weight is 922 g/mol. The molecule has 340 valence electrons. The van der Waals surface area contributed by atoms with Crippen LogP contribution >= 0.6 is 0 Å². The lowest BCUT2D eigenvalue weighted by molar-refractivity contribution is -0.438. The molecule has 2 aliphatic rings. The van der Waals surface area contributed by atoms with Crippen molar-refractivity contribution < 1.29 is 48.3 Å². The van der Waals surface area contributed by atoms with Gasteiger partial charge in [-0.05, 0) is 123 Å². The standard InChI is InChI=1S/C48H60N2O10S3/c1-9-11-24-48(8)44(50(25-12-10-2)40-23-21-36-38(46(40)48)29-34(62(55,56)57)30-42(36)63(58,59)60)19-16-18-43-47(6,7)45-37-28-33(61(52,53)54)27-32(5)35(37)20-22-39(45)49(43)26-15-13-14-17-41(51)31(3)4/h16,18-23,27-31H,9-15,17,24-26H2,1-8H3,(H2-,52,53,54,55,56,57,58,59,60)/p+1. The van der Waals surface area contributed by atoms with Crippen LogP contribution in [0.2, 0.25) is 0 Å². The normalized spacial score (nSPS) is 18.5. The zero-order valence-corrected chi connectivity index (χ0v) is 40.0. The molecule has 2 heterocycles. The van der Waals surface area contributed by atoms with Crippen LogP contribution in [0.3, 0.4) is 0 Å². The Labute approximate surface area is 373 Å². The highest BCUT2D eigenvalue weighted by Gasteiger charge is 2.47. The van der Waals surface area contributed by atoms with E-state index in [4.69, 9.17) is 0 Å². The molecule has 0 bridgehead atoms. The van der Waals surface area contributed by atoms with Crippen LogP contribution in [0.15, 0.2) is 87.1 Å². The number of hydrogen-bond acceptors (Lipinski definition) is 8. The second kappa shape index (κ2) is 18.0. The SMILES string of the molecule is CCCCN1C(=CC=CC2=[N+](CCCCCC(=O)C(C)C)c3ccc4c(C)cc(S(=O)(=O)O)cc4c3C2(C)C)C(C)(CCCC)c2c1ccc1c(S(=O)(=O)O)cc(S(=O)(=O)O)cc21. The van der Waals surface area contributed by atoms with E-state index >= 15 is 0 Å². The first-order valence-electron chi connectivity index (χ1n) is 21.8. The Morgan fingerprint density at radius 2 is 1.37 bits per heavy atom. The van der Waals surface area contributed by atoms with E-state index < -0.39 is 51.0 Å². The summed E-state index contributed by atoms with van der Waals surface area (Å²) in [6.07, 6.45) is 13.0. The fraction of sp³-hybridized carbons (Fsp3) is 0.458. The van der Waals surface area contributed by atoms with Crippen molar-refractivity contribution >= 4 is 74.8 Å². The van der Waals surface area contributed by atoms with Gasteiger partial charge in [0.1, 0.15) is 17.2 Å². The molecule has 4 aromatic carbocycles. The summed E-state index contributed by atoms with van der Waals surface area (Å²) in [5.74, 6) is 0.220. The molecule has 3 N–H and O–H groups in total. The summed E-state index contributed by atoms with van der Waals surface area (Å²) in [6, 6.07) is 12.6. The van der Waals surface area contributed by atoms with E-state index in [2.05, 4.69) is 62.3 Å². The molecule has 4 aromatic rings. The van der Waals surface area contributed by atoms with Crippen molar-refractivity contribution in [2.45, 2.75) is 139 Å². The van der Waals surface area contributed by atoms with Gasteiger partial charge in [0.05, 0.1) is 15.2 Å². The summed E-state index contributed by atoms with van der Waals surface area (Å²) in [5, 5.41) is 2.04. The van der Waals surface area contributed by atoms with Crippen molar-refractivity contribution in [3.05, 3.63) is 89.1 Å². The van der Waals surface area contributed by atoms with Gasteiger partial charge in [0.2, 0.25) is 5.69 Å². The Morgan fingerprint density at radius 3 is 1.97 bits per heavy atom. The van der Waals surface area contributed by atoms with E-state index in [9.17, 15) is 43.7 Å². The number of benzene rings is 4. The van der Waals surface area contributed by atoms with Crippen LogP contribution in [0, 0.1) is 12.8 Å². The minimum absolute atomic E-state index is 0.0174. The summed E-state index contributed by atoms with van der Waals surface area (Å²) < 4.78 is 109. The number of hydrogen-bond donors (Lipinski definition) is 3. The van der Waals surface area contributed by atoms with E-state index in [0.717, 1.165) is 90.1 Å². The average Bonchev–Trinajstić information content (AvgIpc) is 3.56. The zero-order chi connectivity index (χ0) is 46.4. The van der Waals surface area contributed by atoms with Gasteiger partial charge in [-0.3, -0.25) is 18.5 Å². The van der Waals surface area contributed by atoms with Crippen LogP contribution in [0.1, 0.15) is 123 Å². The van der Waals surface area contributed by atoms with E-state index in [1.165, 1.54) is 12.1 Å². The molecule has 1 unspecified atom stereocenters. The van der Waals surface area contributed by atoms with Gasteiger partial charge in [-0.1, -0.05) is 59.1 Å². The molecule has 2 aliphatic heterocycles. The number of ketones is 1. The van der Waals surface area contributed by atoms with Gasteiger partial charge in [-0.25, -0.2) is 0 Å². The molecule has 6 rings (SSSR count). The maximum absolute atomic E-state index is 12.7. The molecule has 0 amide bonds. The van der Waals surface area contributed by atoms with Gasteiger partial charge in [-0.15, -0.1) is 0 Å². The molecule has 0 radical (unpaired) electrons. The van der Waals surface area contributed by atoms with Crippen LogP contribution in [0.5, 0.6) is 0 Å². The van der Waals surface area contributed by atoms with Crippen molar-refractivity contribution in [1.29, 1.82) is 0 Å². The van der Waals surface area contributed by atoms with Gasteiger partial charge in [0, 0.05) is 65.2 Å². The van der Waals surface area contributed by atoms with Gasteiger partial charge < -0.3 is 4.90 Å². The summed E-state index contributed by atoms with van der Waals surface area (Å²) in [6.45, 7) is 17.3. The third-order valence-corrected chi connectivity index (χ3v) is 15.5. The minimum atomic E-state index is -4.91. The molecular weight excluding hydrogens is 861 g/mol. The number of carbonyl (C=O) groups is 1. The van der Waals surface area contributed by atoms with Crippen LogP contribution in [0.25, 0.3) is 21.5 Å². The molecule has 15 heteroatoms. The summed E-state index contributed by atoms with van der Waals surface area (Å²) in [5.41, 5.74) is 4.50. The number of fused-ring (bicyclic) bond motifs is 6. The van der Waals surface area contributed by atoms with Crippen LogP contribution < -0.4 is 4.90 Å². The number of anilines is 1. The van der Waals surface area contributed by atoms with Crippen LogP contribution in [0.4, 0.5) is 11.4 Å². The van der Waals surface area contributed by atoms with Crippen molar-refractivity contribution in [2.24, 2.45) is 5.92 Å². The fourth-order valence-electron chi connectivity index (χ4n) is 9.71. The molecule has 63 heavy (non-hydrogen) atoms. The largest absolute Gasteiger partial charge is 0.344 e. The summed E-state index contributed by atoms with van der Waals surface area (Å²) >= 11 is 0. The Bertz CT molecular complexity index is 2930. The minimum Gasteiger partial charge on any atom is -0.344 e. The number of aryl methyl sites for hydroxylation is 1. The maximum atomic E-state index is 12.7. The highest BCUT2D eigenvalue weighted by molar-refractivity contribution is 7.87. The third kappa shape index (κ3) is 9.32. The fourth-order valence-corrected chi connectivity index (χ4v) is 11.6. The lowest BCUT2D eigenvalue weighted by Gasteiger charge is -2.31. The molecule has 0 spiro atoms. The molecule has 12 nitrogen and oxygen atoms in total. The molecular formula is C48H61N2O10S3+. The molecule has 0 aromatic heterocycles. The smallest absolute Gasteiger partial charge is 0.295 e. The highest BCUT2D eigenvalue weighted by Crippen LogP contribution is 2.54. The second-order valence-corrected chi connectivity index (χ2v) is 22.4. The molecule has 0 fully saturated rings. The van der Waals surface area contributed by atoms with Gasteiger partial charge in [0.25, 0.3) is 30.4 Å². The Morgan fingerprint density at radius 1 is 0.746 bits per heavy atom. The lowest BCUT2D eigenvalue weighted by Crippen LogP contribution is -2.30. The topological polar surface area (TPSA) is 186 Å². The van der Waals surface area contributed by atoms with Gasteiger partial charge in [-0.2, -0.15) is 29.8 Å². The van der Waals surface area contributed by atoms with E-state index in [1.807, 2.05) is 39.0 Å². The number of nitrogens with zero attached hydrogens (tertiary/aromatic N) is 2. The first-order chi connectivity index (χ1) is 29.4. The molecule has 0 saturated carbocycles. The third-order valence-electron chi connectivity index (χ3n) is 13.0. The number of Topliss-reactive ketones (excluding diaryl/α,β-unsaturated/α-hetero) is 1. The predicted molar refractivity (Wildman–Crippen MR) is 250 cm³/mol. The first-order valence-corrected chi connectivity index (χ1v) is 26.2. The molecule has 0 aliphatic carbocycles. The first kappa shape index (κ1) is 48.2. The van der Waals surface area contributed by atoms with E-state index in [1.54, 1.807) is 12.1 Å². The monoisotopic (exact) mass is 921 g/mol. The number of unbranched alkanes of at least 4 members (excludes halogenated alkanes) is 4. The van der Waals surface area contributed by atoms with Crippen molar-refractivity contribution in [3.8, 4) is 0 Å². The summed E-state index contributed by atoms with van der Waals surface area (Å²) in [7, 11) is -14.3. The Hall–Kier alpha value is -4.25. The predicted octanol–water partition coefficient (Wildman–Crippen LogP) is 10.4. The molecule has 0 saturated heterocycles. The number of carbonyl (C=O) groups excluding carboxylic acids is 1. The second-order valence-electron chi connectivity index (χ2n) is 18.1. The van der Waals surface area contributed by atoms with Crippen LogP contribution in [-0.4, -0.2) is 68.1 Å². The number of rotatable bonds is 18. The van der Waals surface area contributed by atoms with Crippen molar-refractivity contribution in [3.63, 3.8) is 0 Å². The van der Waals surface area contributed by atoms with Crippen LogP contribution in [-0.2, 0) is 46.0 Å². The number of allylic oxidation sites excluding steroid dienone is 4. The quantitative estimate of drug-likeness (QED) is 0.0490. The maximum Gasteiger partial charge on any atom is 0.295 e. The van der Waals surface area contributed by atoms with E-state index in [-0.39, 0.29) is 22.0 Å². The van der Waals surface area contributed by atoms with Crippen molar-refractivity contribution in [2.75, 3.05) is 18.0 Å². The Balaban J connectivity index is 1.55. The van der Waals surface area contributed by atoms with Gasteiger partial charge >= 0.3 is 0 Å². The highest BCUT2D eigenvalue weighted by atomic mass is 32.2. The lowest BCUT2D eigenvalue weighted by atomic mass is 9.75. The Kier molecular flexibility index (Phi) is 13.7. The van der Waals surface area contributed by atoms with Gasteiger partial charge in [0.15, 0.2) is 5.71 Å². The summed E-state index contributed by atoms with van der Waals surface area (Å²) in [4.78, 5) is 13.2. The molecule has 1 atom stereocenters. The van der Waals surface area contributed by atoms with E-state index in [0.29, 0.717) is 42.4 Å².